The summed E-state index contributed by atoms with van der Waals surface area (Å²) >= 11 is 0. The zero-order valence-corrected chi connectivity index (χ0v) is 15.9. The van der Waals surface area contributed by atoms with Gasteiger partial charge in [0.1, 0.15) is 5.75 Å². The molecule has 0 spiro atoms. The number of benzene rings is 2. The van der Waals surface area contributed by atoms with Gasteiger partial charge in [0.2, 0.25) is 5.91 Å². The largest absolute Gasteiger partial charge is 0.484 e. The molecule has 2 aromatic carbocycles. The van der Waals surface area contributed by atoms with Gasteiger partial charge >= 0.3 is 0 Å². The molecule has 0 bridgehead atoms. The Kier molecular flexibility index (Phi) is 6.12. The van der Waals surface area contributed by atoms with E-state index in [1.165, 1.54) is 0 Å². The van der Waals surface area contributed by atoms with Crippen LogP contribution in [-0.2, 0) is 16.1 Å². The van der Waals surface area contributed by atoms with Crippen LogP contribution in [0.2, 0.25) is 0 Å². The van der Waals surface area contributed by atoms with Gasteiger partial charge in [0.25, 0.3) is 5.91 Å². The summed E-state index contributed by atoms with van der Waals surface area (Å²) in [6.45, 7) is 5.33. The first-order valence-electron chi connectivity index (χ1n) is 9.41. The van der Waals surface area contributed by atoms with E-state index in [1.54, 1.807) is 4.90 Å². The topological polar surface area (TPSA) is 49.9 Å². The van der Waals surface area contributed by atoms with Crippen LogP contribution in [0.5, 0.6) is 5.75 Å². The number of carbonyl (C=O) groups is 2. The molecule has 0 N–H and O–H groups in total. The zero-order valence-electron chi connectivity index (χ0n) is 15.9. The molecule has 2 aromatic rings. The molecular formula is C22H26N2O3. The molecule has 0 saturated carbocycles. The molecule has 0 aliphatic carbocycles. The lowest BCUT2D eigenvalue weighted by molar-refractivity contribution is -0.135. The number of rotatable bonds is 7. The fourth-order valence-corrected chi connectivity index (χ4v) is 3.21. The van der Waals surface area contributed by atoms with E-state index in [9.17, 15) is 9.59 Å². The van der Waals surface area contributed by atoms with Crippen LogP contribution in [0, 0.1) is 0 Å². The molecule has 1 heterocycles. The SMILES string of the molecule is CC(C)N(Cc1ccccc1)C(=O)COc1ccc(N2CCCC2=O)cc1. The lowest BCUT2D eigenvalue weighted by Gasteiger charge is -2.27. The summed E-state index contributed by atoms with van der Waals surface area (Å²) in [5, 5.41) is 0. The minimum Gasteiger partial charge on any atom is -0.484 e. The maximum atomic E-state index is 12.6. The van der Waals surface area contributed by atoms with Gasteiger partial charge in [0.15, 0.2) is 6.61 Å². The van der Waals surface area contributed by atoms with Crippen molar-refractivity contribution in [3.8, 4) is 5.75 Å². The summed E-state index contributed by atoms with van der Waals surface area (Å²) in [5.74, 6) is 0.738. The van der Waals surface area contributed by atoms with Crippen LogP contribution >= 0.6 is 0 Å². The number of hydrogen-bond donors (Lipinski definition) is 0. The molecule has 1 aliphatic heterocycles. The van der Waals surface area contributed by atoms with Gasteiger partial charge < -0.3 is 14.5 Å². The van der Waals surface area contributed by atoms with Crippen LogP contribution in [0.15, 0.2) is 54.6 Å². The summed E-state index contributed by atoms with van der Waals surface area (Å²) in [6, 6.07) is 17.4. The molecule has 3 rings (SSSR count). The van der Waals surface area contributed by atoms with Crippen molar-refractivity contribution in [2.45, 2.75) is 39.3 Å². The van der Waals surface area contributed by atoms with Crippen LogP contribution < -0.4 is 9.64 Å². The van der Waals surface area contributed by atoms with Crippen molar-refractivity contribution in [3.05, 3.63) is 60.2 Å². The maximum absolute atomic E-state index is 12.6. The Bertz CT molecular complexity index is 772. The van der Waals surface area contributed by atoms with E-state index in [4.69, 9.17) is 4.74 Å². The Hall–Kier alpha value is -2.82. The molecule has 0 atom stereocenters. The maximum Gasteiger partial charge on any atom is 0.261 e. The van der Waals surface area contributed by atoms with Gasteiger partial charge in [-0.1, -0.05) is 30.3 Å². The van der Waals surface area contributed by atoms with Gasteiger partial charge in [-0.3, -0.25) is 9.59 Å². The molecule has 0 aromatic heterocycles. The normalized spacial score (nSPS) is 13.9. The van der Waals surface area contributed by atoms with Crippen molar-refractivity contribution >= 4 is 17.5 Å². The number of anilines is 1. The lowest BCUT2D eigenvalue weighted by Crippen LogP contribution is -2.39. The highest BCUT2D eigenvalue weighted by Gasteiger charge is 2.22. The van der Waals surface area contributed by atoms with E-state index in [0.717, 1.165) is 24.2 Å². The average molecular weight is 366 g/mol. The van der Waals surface area contributed by atoms with Crippen LogP contribution in [-0.4, -0.2) is 35.9 Å². The van der Waals surface area contributed by atoms with Gasteiger partial charge in [-0.05, 0) is 50.1 Å². The van der Waals surface area contributed by atoms with Crippen LogP contribution in [0.1, 0.15) is 32.3 Å². The smallest absolute Gasteiger partial charge is 0.261 e. The van der Waals surface area contributed by atoms with Crippen molar-refractivity contribution in [1.82, 2.24) is 4.90 Å². The van der Waals surface area contributed by atoms with Gasteiger partial charge in [-0.25, -0.2) is 0 Å². The van der Waals surface area contributed by atoms with Gasteiger partial charge in [0, 0.05) is 31.2 Å². The Balaban J connectivity index is 1.57. The van der Waals surface area contributed by atoms with Crippen molar-refractivity contribution in [1.29, 1.82) is 0 Å². The van der Waals surface area contributed by atoms with Crippen LogP contribution in [0.3, 0.4) is 0 Å². The third-order valence-electron chi connectivity index (χ3n) is 4.72. The summed E-state index contributed by atoms with van der Waals surface area (Å²) in [5.41, 5.74) is 1.98. The standard InChI is InChI=1S/C22H26N2O3/c1-17(2)24(15-18-7-4-3-5-8-18)22(26)16-27-20-12-10-19(11-13-20)23-14-6-9-21(23)25/h3-5,7-8,10-13,17H,6,9,14-16H2,1-2H3. The highest BCUT2D eigenvalue weighted by Crippen LogP contribution is 2.24. The fraction of sp³-hybridized carbons (Fsp3) is 0.364. The van der Waals surface area contributed by atoms with Crippen LogP contribution in [0.4, 0.5) is 5.69 Å². The summed E-state index contributed by atoms with van der Waals surface area (Å²) in [4.78, 5) is 28.0. The van der Waals surface area contributed by atoms with Crippen molar-refractivity contribution < 1.29 is 14.3 Å². The Morgan fingerprint density at radius 3 is 2.41 bits per heavy atom. The monoisotopic (exact) mass is 366 g/mol. The van der Waals surface area contributed by atoms with Crippen molar-refractivity contribution in [3.63, 3.8) is 0 Å². The molecule has 5 heteroatoms. The van der Waals surface area contributed by atoms with Gasteiger partial charge in [0.05, 0.1) is 0 Å². The second-order valence-electron chi connectivity index (χ2n) is 7.03. The molecule has 0 radical (unpaired) electrons. The minimum atomic E-state index is -0.0485. The minimum absolute atomic E-state index is 0.00694. The van der Waals surface area contributed by atoms with Crippen molar-refractivity contribution in [2.75, 3.05) is 18.1 Å². The number of carbonyl (C=O) groups excluding carboxylic acids is 2. The van der Waals surface area contributed by atoms with Crippen molar-refractivity contribution in [2.24, 2.45) is 0 Å². The summed E-state index contributed by atoms with van der Waals surface area (Å²) < 4.78 is 5.69. The molecule has 1 aliphatic rings. The fourth-order valence-electron chi connectivity index (χ4n) is 3.21. The second kappa shape index (κ2) is 8.71. The first-order valence-corrected chi connectivity index (χ1v) is 9.41. The quantitative estimate of drug-likeness (QED) is 0.752. The second-order valence-corrected chi connectivity index (χ2v) is 7.03. The van der Waals surface area contributed by atoms with E-state index >= 15 is 0 Å². The lowest BCUT2D eigenvalue weighted by atomic mass is 10.2. The number of ether oxygens (including phenoxy) is 1. The Morgan fingerprint density at radius 1 is 1.11 bits per heavy atom. The first-order chi connectivity index (χ1) is 13.0. The molecule has 27 heavy (non-hydrogen) atoms. The van der Waals surface area contributed by atoms with E-state index in [2.05, 4.69) is 0 Å². The molecule has 1 saturated heterocycles. The van der Waals surface area contributed by atoms with E-state index in [1.807, 2.05) is 73.3 Å². The summed E-state index contributed by atoms with van der Waals surface area (Å²) in [6.07, 6.45) is 1.51. The molecule has 0 unspecified atom stereocenters. The predicted molar refractivity (Wildman–Crippen MR) is 106 cm³/mol. The number of nitrogens with zero attached hydrogens (tertiary/aromatic N) is 2. The van der Waals surface area contributed by atoms with E-state index in [-0.39, 0.29) is 24.5 Å². The number of hydrogen-bond acceptors (Lipinski definition) is 3. The number of amides is 2. The third kappa shape index (κ3) is 4.88. The Morgan fingerprint density at radius 2 is 1.81 bits per heavy atom. The third-order valence-corrected chi connectivity index (χ3v) is 4.72. The molecule has 2 amide bonds. The molecular weight excluding hydrogens is 340 g/mol. The molecule has 1 fully saturated rings. The summed E-state index contributed by atoms with van der Waals surface area (Å²) in [7, 11) is 0. The molecule has 5 nitrogen and oxygen atoms in total. The molecule has 142 valence electrons. The zero-order chi connectivity index (χ0) is 19.2. The predicted octanol–water partition coefficient (Wildman–Crippen LogP) is 3.63. The van der Waals surface area contributed by atoms with Gasteiger partial charge in [-0.15, -0.1) is 0 Å². The highest BCUT2D eigenvalue weighted by atomic mass is 16.5. The average Bonchev–Trinajstić information content (AvgIpc) is 3.11. The van der Waals surface area contributed by atoms with E-state index in [0.29, 0.717) is 18.7 Å². The van der Waals surface area contributed by atoms with Crippen LogP contribution in [0.25, 0.3) is 0 Å². The first kappa shape index (κ1) is 19.0. The highest BCUT2D eigenvalue weighted by molar-refractivity contribution is 5.95. The Labute approximate surface area is 160 Å². The van der Waals surface area contributed by atoms with Gasteiger partial charge in [-0.2, -0.15) is 0 Å². The van der Waals surface area contributed by atoms with E-state index < -0.39 is 0 Å².